The molecule has 5 nitrogen and oxygen atoms in total. The second kappa shape index (κ2) is 6.92. The number of hydrogen-bond acceptors (Lipinski definition) is 6. The van der Waals surface area contributed by atoms with Crippen molar-refractivity contribution in [1.29, 1.82) is 0 Å². The molecule has 134 valence electrons. The maximum atomic E-state index is 12.3. The second-order valence-corrected chi connectivity index (χ2v) is 7.97. The van der Waals surface area contributed by atoms with Crippen molar-refractivity contribution in [3.8, 4) is 10.8 Å². The van der Waals surface area contributed by atoms with E-state index in [1.165, 1.54) is 32.8 Å². The quantitative estimate of drug-likeness (QED) is 0.771. The van der Waals surface area contributed by atoms with Crippen LogP contribution in [0.1, 0.15) is 43.6 Å². The van der Waals surface area contributed by atoms with Crippen LogP contribution in [0, 0.1) is 12.8 Å². The molecule has 0 radical (unpaired) electrons. The van der Waals surface area contributed by atoms with Gasteiger partial charge in [0, 0.05) is 18.0 Å². The van der Waals surface area contributed by atoms with Crippen molar-refractivity contribution in [3.05, 3.63) is 29.0 Å². The zero-order valence-corrected chi connectivity index (χ0v) is 15.6. The fourth-order valence-electron chi connectivity index (χ4n) is 4.38. The summed E-state index contributed by atoms with van der Waals surface area (Å²) in [5, 5.41) is 2.98. The molecule has 2 fully saturated rings. The first kappa shape index (κ1) is 16.8. The van der Waals surface area contributed by atoms with Crippen LogP contribution in [-0.4, -0.2) is 35.0 Å². The minimum atomic E-state index is -0.130. The number of likely N-dealkylation sites (tertiary alicyclic amines) is 1. The van der Waals surface area contributed by atoms with Gasteiger partial charge in [-0.05, 0) is 44.2 Å². The number of hydrogen-bond donors (Lipinski definition) is 0. The number of ether oxygens (including phenoxy) is 1. The Balaban J connectivity index is 1.55. The van der Waals surface area contributed by atoms with Gasteiger partial charge in [-0.2, -0.15) is 0 Å². The zero-order chi connectivity index (χ0) is 17.4. The molecule has 1 saturated carbocycles. The molecule has 3 heterocycles. The fraction of sp³-hybridized carbons (Fsp3) is 0.579. The first-order valence-corrected chi connectivity index (χ1v) is 9.88. The number of esters is 1. The Morgan fingerprint density at radius 1 is 1.40 bits per heavy atom. The van der Waals surface area contributed by atoms with Gasteiger partial charge in [-0.25, -0.2) is 4.98 Å². The summed E-state index contributed by atoms with van der Waals surface area (Å²) in [6.07, 6.45) is 5.85. The van der Waals surface area contributed by atoms with Gasteiger partial charge >= 0.3 is 5.97 Å². The van der Waals surface area contributed by atoms with Crippen molar-refractivity contribution in [2.24, 2.45) is 5.92 Å². The van der Waals surface area contributed by atoms with Crippen molar-refractivity contribution >= 4 is 17.3 Å². The van der Waals surface area contributed by atoms with Gasteiger partial charge in [-0.15, -0.1) is 11.3 Å². The van der Waals surface area contributed by atoms with Gasteiger partial charge in [0.2, 0.25) is 0 Å². The average molecular weight is 360 g/mol. The van der Waals surface area contributed by atoms with Gasteiger partial charge in [-0.3, -0.25) is 9.69 Å². The number of fused-ring (bicyclic) bond motifs is 1. The van der Waals surface area contributed by atoms with Crippen LogP contribution in [-0.2, 0) is 16.1 Å². The summed E-state index contributed by atoms with van der Waals surface area (Å²) in [6.45, 7) is 2.64. The molecular formula is C19H24N2O3S. The maximum Gasteiger partial charge on any atom is 0.323 e. The predicted octanol–water partition coefficient (Wildman–Crippen LogP) is 4.02. The largest absolute Gasteiger partial charge is 0.468 e. The van der Waals surface area contributed by atoms with E-state index in [-0.39, 0.29) is 12.0 Å². The Bertz CT molecular complexity index is 753. The Morgan fingerprint density at radius 3 is 3.00 bits per heavy atom. The SMILES string of the molecule is COC(=O)[C@@H]1C[C@H]2CCCC[C@@H]2N1Cc1csc(-c2ccc(C)o2)n1. The van der Waals surface area contributed by atoms with Gasteiger partial charge in [-0.1, -0.05) is 12.8 Å². The van der Waals surface area contributed by atoms with Crippen molar-refractivity contribution in [1.82, 2.24) is 9.88 Å². The third-order valence-corrected chi connectivity index (χ3v) is 6.45. The number of aromatic nitrogens is 1. The molecule has 1 aliphatic carbocycles. The molecule has 0 bridgehead atoms. The number of thiazole rings is 1. The van der Waals surface area contributed by atoms with E-state index in [0.29, 0.717) is 18.5 Å². The predicted molar refractivity (Wildman–Crippen MR) is 96.3 cm³/mol. The van der Waals surface area contributed by atoms with Gasteiger partial charge in [0.1, 0.15) is 11.8 Å². The standard InChI is InChI=1S/C19H24N2O3S/c1-12-7-8-17(24-12)18-20-14(11-25-18)10-21-15-6-4-3-5-13(15)9-16(21)19(22)23-2/h7-8,11,13,15-16H,3-6,9-10H2,1-2H3/t13-,15+,16+/m1/s1. The number of rotatable bonds is 4. The van der Waals surface area contributed by atoms with E-state index in [2.05, 4.69) is 10.3 Å². The zero-order valence-electron chi connectivity index (χ0n) is 14.7. The molecule has 25 heavy (non-hydrogen) atoms. The summed E-state index contributed by atoms with van der Waals surface area (Å²) in [6, 6.07) is 4.27. The molecule has 0 unspecified atom stereocenters. The van der Waals surface area contributed by atoms with Gasteiger partial charge in [0.25, 0.3) is 0 Å². The normalized spacial score (nSPS) is 26.6. The minimum Gasteiger partial charge on any atom is -0.468 e. The fourth-order valence-corrected chi connectivity index (χ4v) is 5.15. The van der Waals surface area contributed by atoms with Crippen molar-refractivity contribution in [3.63, 3.8) is 0 Å². The van der Waals surface area contributed by atoms with Crippen LogP contribution < -0.4 is 0 Å². The summed E-state index contributed by atoms with van der Waals surface area (Å²) >= 11 is 1.60. The summed E-state index contributed by atoms with van der Waals surface area (Å²) in [4.78, 5) is 19.4. The monoisotopic (exact) mass is 360 g/mol. The van der Waals surface area contributed by atoms with Gasteiger partial charge in [0.15, 0.2) is 10.8 Å². The lowest BCUT2D eigenvalue weighted by Crippen LogP contribution is -2.42. The van der Waals surface area contributed by atoms with Crippen LogP contribution in [0.2, 0.25) is 0 Å². The van der Waals surface area contributed by atoms with E-state index in [0.717, 1.165) is 28.6 Å². The lowest BCUT2D eigenvalue weighted by atomic mass is 9.85. The van der Waals surface area contributed by atoms with Crippen molar-refractivity contribution in [2.45, 2.75) is 57.7 Å². The van der Waals surface area contributed by atoms with Crippen LogP contribution in [0.3, 0.4) is 0 Å². The first-order chi connectivity index (χ1) is 12.2. The van der Waals surface area contributed by atoms with Crippen LogP contribution in [0.4, 0.5) is 0 Å². The Hall–Kier alpha value is -1.66. The number of methoxy groups -OCH3 is 1. The highest BCUT2D eigenvalue weighted by Crippen LogP contribution is 2.41. The molecule has 2 aromatic heterocycles. The molecule has 6 heteroatoms. The van der Waals surface area contributed by atoms with E-state index >= 15 is 0 Å². The van der Waals surface area contributed by atoms with Crippen molar-refractivity contribution < 1.29 is 13.9 Å². The number of nitrogens with zero attached hydrogens (tertiary/aromatic N) is 2. The Kier molecular flexibility index (Phi) is 4.65. The van der Waals surface area contributed by atoms with E-state index < -0.39 is 0 Å². The molecule has 4 rings (SSSR count). The molecule has 2 aromatic rings. The highest BCUT2D eigenvalue weighted by Gasteiger charge is 2.45. The van der Waals surface area contributed by atoms with Gasteiger partial charge < -0.3 is 9.15 Å². The second-order valence-electron chi connectivity index (χ2n) is 7.11. The van der Waals surface area contributed by atoms with E-state index in [4.69, 9.17) is 14.1 Å². The molecule has 0 spiro atoms. The van der Waals surface area contributed by atoms with Gasteiger partial charge in [0.05, 0.1) is 12.8 Å². The lowest BCUT2D eigenvalue weighted by molar-refractivity contribution is -0.146. The Morgan fingerprint density at radius 2 is 2.24 bits per heavy atom. The Labute approximate surface area is 152 Å². The third kappa shape index (κ3) is 3.25. The minimum absolute atomic E-state index is 0.105. The molecule has 0 amide bonds. The van der Waals surface area contributed by atoms with E-state index in [9.17, 15) is 4.79 Å². The average Bonchev–Trinajstić information content (AvgIpc) is 3.34. The van der Waals surface area contributed by atoms with E-state index in [1.54, 1.807) is 11.3 Å². The van der Waals surface area contributed by atoms with Crippen molar-refractivity contribution in [2.75, 3.05) is 7.11 Å². The lowest BCUT2D eigenvalue weighted by Gasteiger charge is -2.32. The van der Waals surface area contributed by atoms with E-state index in [1.807, 2.05) is 19.1 Å². The highest BCUT2D eigenvalue weighted by atomic mass is 32.1. The molecule has 2 aliphatic rings. The highest BCUT2D eigenvalue weighted by molar-refractivity contribution is 7.13. The molecule has 1 aliphatic heterocycles. The molecule has 0 aromatic carbocycles. The molecule has 0 N–H and O–H groups in total. The van der Waals surface area contributed by atoms with Crippen LogP contribution in [0.15, 0.2) is 21.9 Å². The topological polar surface area (TPSA) is 55.6 Å². The first-order valence-electron chi connectivity index (χ1n) is 9.00. The number of carbonyl (C=O) groups excluding carboxylic acids is 1. The van der Waals surface area contributed by atoms with Crippen LogP contribution >= 0.6 is 11.3 Å². The molecular weight excluding hydrogens is 336 g/mol. The third-order valence-electron chi connectivity index (χ3n) is 5.54. The van der Waals surface area contributed by atoms with Crippen LogP contribution in [0.25, 0.3) is 10.8 Å². The summed E-state index contributed by atoms with van der Waals surface area (Å²) < 4.78 is 10.7. The maximum absolute atomic E-state index is 12.3. The molecule has 1 saturated heterocycles. The summed E-state index contributed by atoms with van der Waals surface area (Å²) in [7, 11) is 1.49. The molecule has 3 atom stereocenters. The number of aryl methyl sites for hydroxylation is 1. The number of carbonyl (C=O) groups is 1. The summed E-state index contributed by atoms with van der Waals surface area (Å²) in [5.41, 5.74) is 1.01. The number of furan rings is 1. The summed E-state index contributed by atoms with van der Waals surface area (Å²) in [5.74, 6) is 2.22. The van der Waals surface area contributed by atoms with Crippen LogP contribution in [0.5, 0.6) is 0 Å². The smallest absolute Gasteiger partial charge is 0.323 e.